The van der Waals surface area contributed by atoms with Gasteiger partial charge >= 0.3 is 6.03 Å². The van der Waals surface area contributed by atoms with Crippen molar-refractivity contribution >= 4 is 70.2 Å². The second kappa shape index (κ2) is 38.2. The van der Waals surface area contributed by atoms with E-state index in [9.17, 15) is 19.1 Å². The Hall–Kier alpha value is -5.47. The number of oxime groups is 1. The highest BCUT2D eigenvalue weighted by atomic mass is 35.5. The molecule has 1 saturated carbocycles. The van der Waals surface area contributed by atoms with E-state index in [0.717, 1.165) is 61.1 Å². The molecule has 2 aliphatic rings. The van der Waals surface area contributed by atoms with Crippen LogP contribution in [0, 0.1) is 17.7 Å². The van der Waals surface area contributed by atoms with E-state index in [1.165, 1.54) is 31.4 Å². The van der Waals surface area contributed by atoms with Gasteiger partial charge < -0.3 is 36.2 Å². The van der Waals surface area contributed by atoms with Crippen LogP contribution in [-0.4, -0.2) is 109 Å². The molecule has 4 atom stereocenters. The monoisotopic (exact) mass is 1070 g/mol. The Morgan fingerprint density at radius 2 is 1.52 bits per heavy atom. The van der Waals surface area contributed by atoms with Crippen molar-refractivity contribution in [1.29, 1.82) is 0 Å². The number of thioether (sulfide) groups is 2. The molecule has 7 N–H and O–H groups in total. The molecule has 2 heterocycles. The zero-order chi connectivity index (χ0) is 53.8. The standard InChI is InChI=1S/C17H29NO3S.C14H20N2O.C8H15N5S.C7H12ClN5.C6H5F/c1-5-8-14(18-21-6-2)17-15(19)10-13(11-16(17)20)9-12(4)22-7-3;1-11-7-5-6-10-13(11)16-14(17)15-12-8-3-2-4-9-12;1-4-9-6-11-7(10-5-2)13-8(12-6)14-3;1-3-9-6-11-5(8)12-7(13-6)10-4-2;7-6-4-2-1-3-5-6/h12-13,19H,5-11H2,1-4H3;2-4,8-9,11,13H,5-7,10H2,1H3,(H2,15,16,17);4-5H2,1-3H3,(H2,9,10,11,12,13);3-4H2,1-2H3,(H2,9,10,11,12,13);1-5H/b18-14+;;;;. The third kappa shape index (κ3) is 26.9. The molecule has 2 amide bonds. The Morgan fingerprint density at radius 1 is 0.890 bits per heavy atom. The lowest BCUT2D eigenvalue weighted by Crippen LogP contribution is -2.43. The van der Waals surface area contributed by atoms with Crippen LogP contribution in [-0.2, 0) is 9.63 Å². The van der Waals surface area contributed by atoms with Crippen molar-refractivity contribution in [2.75, 3.05) is 60.7 Å². The average molecular weight is 1070 g/mol. The second-order valence-electron chi connectivity index (χ2n) is 16.7. The molecule has 2 aromatic heterocycles. The highest BCUT2D eigenvalue weighted by Gasteiger charge is 2.31. The minimum Gasteiger partial charge on any atom is -0.511 e. The van der Waals surface area contributed by atoms with E-state index in [-0.39, 0.29) is 34.6 Å². The van der Waals surface area contributed by atoms with Gasteiger partial charge in [0, 0.05) is 56.0 Å². The zero-order valence-electron chi connectivity index (χ0n) is 44.6. The Labute approximate surface area is 445 Å². The van der Waals surface area contributed by atoms with Gasteiger partial charge in [0.2, 0.25) is 28.4 Å². The first kappa shape index (κ1) is 63.6. The molecule has 0 saturated heterocycles. The normalized spacial score (nSPS) is 17.2. The predicted octanol–water partition coefficient (Wildman–Crippen LogP) is 11.4. The lowest BCUT2D eigenvalue weighted by molar-refractivity contribution is -0.116. The van der Waals surface area contributed by atoms with Crippen molar-refractivity contribution in [1.82, 2.24) is 35.2 Å². The number of aliphatic hydroxyl groups is 1. The van der Waals surface area contributed by atoms with Crippen LogP contribution in [0.2, 0.25) is 5.28 Å². The molecule has 0 radical (unpaired) electrons. The van der Waals surface area contributed by atoms with E-state index in [4.69, 9.17) is 16.4 Å². The SMILES string of the molecule is CC1CCCCC1NC(=O)Nc1ccccc1.CCC/C(=N\OCC)C1=C(O)CC(CC(C)SCC)CC1=O.CCN=c1nc(SC)[nH]c(=NCC)[nH]1.CCNc1nc(Cl)nc(NCC)n1.Fc1ccccc1. The molecule has 4 aromatic rings. The number of carbonyl (C=O) groups is 2. The van der Waals surface area contributed by atoms with Crippen molar-refractivity contribution < 1.29 is 23.9 Å². The number of halogens is 2. The third-order valence-electron chi connectivity index (χ3n) is 10.7. The highest BCUT2D eigenvalue weighted by molar-refractivity contribution is 7.99. The molecule has 2 aromatic carbocycles. The molecule has 6 rings (SSSR count). The van der Waals surface area contributed by atoms with Gasteiger partial charge in [-0.3, -0.25) is 19.8 Å². The Bertz CT molecular complexity index is 2320. The number of amides is 2. The van der Waals surface area contributed by atoms with Crippen molar-refractivity contribution in [2.24, 2.45) is 27.0 Å². The van der Waals surface area contributed by atoms with E-state index in [1.807, 2.05) is 89.9 Å². The van der Waals surface area contributed by atoms with E-state index < -0.39 is 0 Å². The summed E-state index contributed by atoms with van der Waals surface area (Å²) in [5.41, 5.74) is 3.19. The number of nitrogens with one attached hydrogen (secondary N) is 6. The van der Waals surface area contributed by atoms with E-state index >= 15 is 0 Å². The Morgan fingerprint density at radius 3 is 2.04 bits per heavy atom. The molecule has 4 unspecified atom stereocenters. The van der Waals surface area contributed by atoms with Crippen LogP contribution < -0.4 is 32.5 Å². The number of aromatic nitrogens is 6. The number of anilines is 3. The van der Waals surface area contributed by atoms with Gasteiger partial charge in [0.05, 0.1) is 11.3 Å². The Balaban J connectivity index is 0.000000324. The van der Waals surface area contributed by atoms with Gasteiger partial charge in [-0.25, -0.2) is 9.18 Å². The average Bonchev–Trinajstić information content (AvgIpc) is 3.35. The molecule has 2 aliphatic carbocycles. The van der Waals surface area contributed by atoms with E-state index in [1.54, 1.807) is 30.0 Å². The van der Waals surface area contributed by atoms with Crippen molar-refractivity contribution in [2.45, 2.75) is 137 Å². The van der Waals surface area contributed by atoms with Crippen LogP contribution in [0.3, 0.4) is 0 Å². The first-order valence-electron chi connectivity index (χ1n) is 25.5. The van der Waals surface area contributed by atoms with Gasteiger partial charge in [0.15, 0.2) is 10.9 Å². The number of urea groups is 1. The molecular weight excluding hydrogens is 989 g/mol. The smallest absolute Gasteiger partial charge is 0.319 e. The number of rotatable bonds is 18. The lowest BCUT2D eigenvalue weighted by Gasteiger charge is -2.29. The van der Waals surface area contributed by atoms with Crippen LogP contribution in [0.4, 0.5) is 26.8 Å². The zero-order valence-corrected chi connectivity index (χ0v) is 47.0. The largest absolute Gasteiger partial charge is 0.511 e. The van der Waals surface area contributed by atoms with Gasteiger partial charge in [-0.2, -0.15) is 31.7 Å². The fourth-order valence-corrected chi connectivity index (χ4v) is 8.97. The summed E-state index contributed by atoms with van der Waals surface area (Å²) in [4.78, 5) is 60.0. The number of ketones is 1. The summed E-state index contributed by atoms with van der Waals surface area (Å²) in [6.45, 7) is 21.7. The van der Waals surface area contributed by atoms with Gasteiger partial charge in [0.1, 0.15) is 18.2 Å². The number of aromatic amines is 2. The summed E-state index contributed by atoms with van der Waals surface area (Å²) in [5.74, 6) is 2.93. The second-order valence-corrected chi connectivity index (χ2v) is 19.5. The minimum absolute atomic E-state index is 0.00866. The molecule has 21 heteroatoms. The minimum atomic E-state index is -0.178. The van der Waals surface area contributed by atoms with Crippen molar-refractivity contribution in [3.63, 3.8) is 0 Å². The number of Topliss-reactive ketones (excluding diaryl/α,β-unsaturated/α-hetero) is 1. The molecule has 404 valence electrons. The highest BCUT2D eigenvalue weighted by Crippen LogP contribution is 2.33. The number of aliphatic hydroxyl groups excluding tert-OH is 1. The molecule has 1 fully saturated rings. The van der Waals surface area contributed by atoms with E-state index in [0.29, 0.717) is 78.4 Å². The molecule has 0 spiro atoms. The lowest BCUT2D eigenvalue weighted by atomic mass is 9.82. The summed E-state index contributed by atoms with van der Waals surface area (Å²) in [6.07, 6.45) is 10.4. The number of benzene rings is 2. The fourth-order valence-electron chi connectivity index (χ4n) is 7.46. The molecule has 17 nitrogen and oxygen atoms in total. The summed E-state index contributed by atoms with van der Waals surface area (Å²) in [7, 11) is 0. The van der Waals surface area contributed by atoms with Gasteiger partial charge in [-0.05, 0) is 120 Å². The number of H-pyrrole nitrogens is 2. The quantitative estimate of drug-likeness (QED) is 0.0280. The Kier molecular flexibility index (Phi) is 33.3. The number of para-hydroxylation sites is 1. The molecule has 0 aliphatic heterocycles. The van der Waals surface area contributed by atoms with Gasteiger partial charge in [0.25, 0.3) is 0 Å². The first-order chi connectivity index (χ1) is 35.2. The summed E-state index contributed by atoms with van der Waals surface area (Å²) in [6, 6.07) is 17.7. The van der Waals surface area contributed by atoms with Gasteiger partial charge in [-0.15, -0.1) is 0 Å². The summed E-state index contributed by atoms with van der Waals surface area (Å²) in [5, 5.41) is 27.8. The molecular formula is C52H81ClFN13O4S2. The first-order valence-corrected chi connectivity index (χ1v) is 28.1. The number of hydrogen-bond donors (Lipinski definition) is 7. The van der Waals surface area contributed by atoms with Crippen LogP contribution >= 0.6 is 35.1 Å². The van der Waals surface area contributed by atoms with E-state index in [2.05, 4.69) is 87.1 Å². The number of carbonyl (C=O) groups excluding carboxylic acids is 2. The summed E-state index contributed by atoms with van der Waals surface area (Å²) < 4.78 is 11.9. The third-order valence-corrected chi connectivity index (χ3v) is 12.5. The number of hydrogen-bond acceptors (Lipinski definition) is 15. The summed E-state index contributed by atoms with van der Waals surface area (Å²) >= 11 is 9.12. The molecule has 0 bridgehead atoms. The van der Waals surface area contributed by atoms with Crippen LogP contribution in [0.5, 0.6) is 0 Å². The van der Waals surface area contributed by atoms with Crippen LogP contribution in [0.25, 0.3) is 0 Å². The fraction of sp³-hybridized carbons (Fsp3) is 0.558. The van der Waals surface area contributed by atoms with Crippen molar-refractivity contribution in [3.05, 3.63) is 94.3 Å². The number of allylic oxidation sites excluding steroid dienone is 2. The van der Waals surface area contributed by atoms with Gasteiger partial charge in [-0.1, -0.05) is 100 Å². The number of nitrogens with zero attached hydrogens (tertiary/aromatic N) is 7. The topological polar surface area (TPSA) is 232 Å². The molecule has 73 heavy (non-hydrogen) atoms. The maximum atomic E-state index is 12.5. The van der Waals surface area contributed by atoms with Crippen LogP contribution in [0.15, 0.2) is 92.3 Å². The predicted molar refractivity (Wildman–Crippen MR) is 300 cm³/mol. The maximum Gasteiger partial charge on any atom is 0.319 e. The van der Waals surface area contributed by atoms with Crippen molar-refractivity contribution in [3.8, 4) is 0 Å². The maximum absolute atomic E-state index is 12.5. The van der Waals surface area contributed by atoms with Crippen LogP contribution in [0.1, 0.15) is 120 Å².